The molecule has 0 bridgehead atoms. The Morgan fingerprint density at radius 2 is 2.12 bits per heavy atom. The number of unbranched alkanes of at least 4 members (excludes halogenated alkanes) is 1. The Morgan fingerprint density at radius 1 is 1.29 bits per heavy atom. The molecule has 0 aromatic rings. The molecule has 1 fully saturated rings. The van der Waals surface area contributed by atoms with Crippen LogP contribution in [0, 0.1) is 29.6 Å². The fraction of sp³-hybridized carbons (Fsp3) is 0.765. The highest BCUT2D eigenvalue weighted by atomic mass is 14.3. The molecule has 0 aromatic heterocycles. The molecule has 96 valence electrons. The van der Waals surface area contributed by atoms with E-state index in [4.69, 9.17) is 0 Å². The van der Waals surface area contributed by atoms with E-state index in [1.165, 1.54) is 38.5 Å². The van der Waals surface area contributed by atoms with Gasteiger partial charge in [0.1, 0.15) is 0 Å². The highest BCUT2D eigenvalue weighted by Gasteiger charge is 2.22. The number of rotatable bonds is 5. The lowest BCUT2D eigenvalue weighted by Gasteiger charge is -2.09. The summed E-state index contributed by atoms with van der Waals surface area (Å²) >= 11 is 0. The first-order valence-corrected chi connectivity index (χ1v) is 7.39. The van der Waals surface area contributed by atoms with Gasteiger partial charge in [-0.1, -0.05) is 45.3 Å². The second-order valence-electron chi connectivity index (χ2n) is 5.67. The third-order valence-corrected chi connectivity index (χ3v) is 3.53. The SMILES string of the molecule is CCCC#CC1CCCC1C=CCCC(C)C. The molecule has 17 heavy (non-hydrogen) atoms. The van der Waals surface area contributed by atoms with Crippen molar-refractivity contribution in [2.45, 2.75) is 65.7 Å². The van der Waals surface area contributed by atoms with Crippen LogP contribution in [0.4, 0.5) is 0 Å². The van der Waals surface area contributed by atoms with Gasteiger partial charge in [-0.2, -0.15) is 0 Å². The summed E-state index contributed by atoms with van der Waals surface area (Å²) in [7, 11) is 0. The van der Waals surface area contributed by atoms with Gasteiger partial charge in [0.25, 0.3) is 0 Å². The molecule has 1 rings (SSSR count). The van der Waals surface area contributed by atoms with Gasteiger partial charge in [-0.3, -0.25) is 0 Å². The minimum Gasteiger partial charge on any atom is -0.103 e. The Labute approximate surface area is 108 Å². The molecular formula is C17H28. The van der Waals surface area contributed by atoms with Crippen molar-refractivity contribution < 1.29 is 0 Å². The van der Waals surface area contributed by atoms with E-state index in [9.17, 15) is 0 Å². The average molecular weight is 232 g/mol. The first-order chi connectivity index (χ1) is 8.24. The second-order valence-corrected chi connectivity index (χ2v) is 5.67. The van der Waals surface area contributed by atoms with E-state index in [1.54, 1.807) is 0 Å². The van der Waals surface area contributed by atoms with Crippen molar-refractivity contribution in [3.05, 3.63) is 12.2 Å². The number of hydrogen-bond acceptors (Lipinski definition) is 0. The molecule has 0 aliphatic heterocycles. The van der Waals surface area contributed by atoms with Gasteiger partial charge in [0.05, 0.1) is 0 Å². The molecule has 0 radical (unpaired) electrons. The quantitative estimate of drug-likeness (QED) is 0.451. The molecular weight excluding hydrogens is 204 g/mol. The van der Waals surface area contributed by atoms with E-state index in [-0.39, 0.29) is 0 Å². The highest BCUT2D eigenvalue weighted by Crippen LogP contribution is 2.32. The third kappa shape index (κ3) is 5.97. The summed E-state index contributed by atoms with van der Waals surface area (Å²) < 4.78 is 0. The molecule has 0 heteroatoms. The van der Waals surface area contributed by atoms with Gasteiger partial charge < -0.3 is 0 Å². The van der Waals surface area contributed by atoms with Gasteiger partial charge in [-0.15, -0.1) is 5.92 Å². The van der Waals surface area contributed by atoms with Crippen LogP contribution in [0.5, 0.6) is 0 Å². The fourth-order valence-corrected chi connectivity index (χ4v) is 2.43. The minimum absolute atomic E-state index is 0.650. The third-order valence-electron chi connectivity index (χ3n) is 3.53. The lowest BCUT2D eigenvalue weighted by atomic mass is 9.95. The Balaban J connectivity index is 2.34. The smallest absolute Gasteiger partial charge is 0.0265 e. The average Bonchev–Trinajstić information content (AvgIpc) is 2.72. The van der Waals surface area contributed by atoms with Crippen molar-refractivity contribution in [1.29, 1.82) is 0 Å². The summed E-state index contributed by atoms with van der Waals surface area (Å²) in [4.78, 5) is 0. The lowest BCUT2D eigenvalue weighted by molar-refractivity contribution is 0.565. The normalized spacial score (nSPS) is 24.2. The van der Waals surface area contributed by atoms with Gasteiger partial charge in [-0.25, -0.2) is 0 Å². The van der Waals surface area contributed by atoms with Crippen LogP contribution in [0.3, 0.4) is 0 Å². The predicted octanol–water partition coefficient (Wildman–Crippen LogP) is 5.20. The minimum atomic E-state index is 0.650. The molecule has 2 atom stereocenters. The van der Waals surface area contributed by atoms with Crippen molar-refractivity contribution in [3.63, 3.8) is 0 Å². The molecule has 2 unspecified atom stereocenters. The summed E-state index contributed by atoms with van der Waals surface area (Å²) in [6.45, 7) is 6.79. The topological polar surface area (TPSA) is 0 Å². The molecule has 0 N–H and O–H groups in total. The monoisotopic (exact) mass is 232 g/mol. The fourth-order valence-electron chi connectivity index (χ4n) is 2.43. The Kier molecular flexibility index (Phi) is 7.10. The van der Waals surface area contributed by atoms with E-state index < -0.39 is 0 Å². The molecule has 0 nitrogen and oxygen atoms in total. The van der Waals surface area contributed by atoms with E-state index in [2.05, 4.69) is 44.8 Å². The van der Waals surface area contributed by atoms with Crippen molar-refractivity contribution in [2.24, 2.45) is 17.8 Å². The second kappa shape index (κ2) is 8.40. The van der Waals surface area contributed by atoms with Crippen molar-refractivity contribution in [2.75, 3.05) is 0 Å². The van der Waals surface area contributed by atoms with Gasteiger partial charge in [0.2, 0.25) is 0 Å². The van der Waals surface area contributed by atoms with Crippen molar-refractivity contribution in [3.8, 4) is 11.8 Å². The predicted molar refractivity (Wildman–Crippen MR) is 76.7 cm³/mol. The zero-order valence-corrected chi connectivity index (χ0v) is 11.8. The molecule has 1 saturated carbocycles. The van der Waals surface area contributed by atoms with Crippen molar-refractivity contribution in [1.82, 2.24) is 0 Å². The summed E-state index contributed by atoms with van der Waals surface area (Å²) in [5, 5.41) is 0. The molecule has 0 heterocycles. The van der Waals surface area contributed by atoms with Crippen LogP contribution in [-0.4, -0.2) is 0 Å². The maximum absolute atomic E-state index is 3.48. The van der Waals surface area contributed by atoms with E-state index in [0.717, 1.165) is 18.3 Å². The summed E-state index contributed by atoms with van der Waals surface area (Å²) in [6.07, 6.45) is 13.7. The largest absolute Gasteiger partial charge is 0.103 e. The molecule has 0 spiro atoms. The lowest BCUT2D eigenvalue weighted by Crippen LogP contribution is -2.02. The summed E-state index contributed by atoms with van der Waals surface area (Å²) in [5.41, 5.74) is 0. The first kappa shape index (κ1) is 14.4. The Hall–Kier alpha value is -0.700. The maximum atomic E-state index is 3.48. The molecule has 0 saturated heterocycles. The maximum Gasteiger partial charge on any atom is 0.0265 e. The number of hydrogen-bond donors (Lipinski definition) is 0. The van der Waals surface area contributed by atoms with Crippen LogP contribution in [0.15, 0.2) is 12.2 Å². The van der Waals surface area contributed by atoms with Crippen LogP contribution in [0.2, 0.25) is 0 Å². The van der Waals surface area contributed by atoms with Gasteiger partial charge >= 0.3 is 0 Å². The molecule has 1 aliphatic carbocycles. The Morgan fingerprint density at radius 3 is 2.82 bits per heavy atom. The summed E-state index contributed by atoms with van der Waals surface area (Å²) in [6, 6.07) is 0. The van der Waals surface area contributed by atoms with Crippen LogP contribution >= 0.6 is 0 Å². The summed E-state index contributed by atoms with van der Waals surface area (Å²) in [5.74, 6) is 9.03. The van der Waals surface area contributed by atoms with Crippen LogP contribution < -0.4 is 0 Å². The van der Waals surface area contributed by atoms with E-state index >= 15 is 0 Å². The van der Waals surface area contributed by atoms with Crippen molar-refractivity contribution >= 4 is 0 Å². The van der Waals surface area contributed by atoms with Gasteiger partial charge in [0.15, 0.2) is 0 Å². The Bertz CT molecular complexity index is 274. The van der Waals surface area contributed by atoms with Crippen LogP contribution in [-0.2, 0) is 0 Å². The highest BCUT2D eigenvalue weighted by molar-refractivity contribution is 5.11. The molecule has 0 amide bonds. The number of allylic oxidation sites excluding steroid dienone is 2. The first-order valence-electron chi connectivity index (χ1n) is 7.39. The van der Waals surface area contributed by atoms with Crippen LogP contribution in [0.1, 0.15) is 65.7 Å². The molecule has 0 aromatic carbocycles. The zero-order valence-electron chi connectivity index (χ0n) is 11.8. The molecule has 1 aliphatic rings. The van der Waals surface area contributed by atoms with E-state index in [0.29, 0.717) is 5.92 Å². The van der Waals surface area contributed by atoms with Gasteiger partial charge in [0, 0.05) is 12.3 Å². The standard InChI is InChI=1S/C17H28/c1-4-5-6-11-16-13-9-14-17(16)12-8-7-10-15(2)3/h8,12,15-17H,4-5,7,9-10,13-14H2,1-3H3. The zero-order chi connectivity index (χ0) is 12.5. The van der Waals surface area contributed by atoms with Gasteiger partial charge in [-0.05, 0) is 43.9 Å². The van der Waals surface area contributed by atoms with Crippen LogP contribution in [0.25, 0.3) is 0 Å². The van der Waals surface area contributed by atoms with E-state index in [1.807, 2.05) is 0 Å².